The molecule has 1 N–H and O–H groups in total. The third kappa shape index (κ3) is 2.05. The third-order valence-electron chi connectivity index (χ3n) is 4.12. The number of halogens is 1. The van der Waals surface area contributed by atoms with Crippen LogP contribution in [-0.2, 0) is 5.41 Å². The highest BCUT2D eigenvalue weighted by Crippen LogP contribution is 2.48. The summed E-state index contributed by atoms with van der Waals surface area (Å²) < 4.78 is 1.21. The molecule has 0 aromatic heterocycles. The largest absolute Gasteiger partial charge is 0.313 e. The van der Waals surface area contributed by atoms with E-state index in [1.165, 1.54) is 48.7 Å². The summed E-state index contributed by atoms with van der Waals surface area (Å²) >= 11 is 3.57. The third-order valence-corrected chi connectivity index (χ3v) is 4.62. The van der Waals surface area contributed by atoms with Gasteiger partial charge >= 0.3 is 0 Å². The molecule has 16 heavy (non-hydrogen) atoms. The van der Waals surface area contributed by atoms with E-state index in [9.17, 15) is 0 Å². The summed E-state index contributed by atoms with van der Waals surface area (Å²) in [5.41, 5.74) is 1.97. The van der Waals surface area contributed by atoms with E-state index in [1.807, 2.05) is 0 Å². The fraction of sp³-hybridized carbons (Fsp3) is 0.571. The van der Waals surface area contributed by atoms with E-state index >= 15 is 0 Å². The first kappa shape index (κ1) is 10.8. The highest BCUT2D eigenvalue weighted by Gasteiger charge is 2.44. The van der Waals surface area contributed by atoms with Crippen LogP contribution in [0.4, 0.5) is 0 Å². The summed E-state index contributed by atoms with van der Waals surface area (Å²) in [6, 6.07) is 9.64. The highest BCUT2D eigenvalue weighted by molar-refractivity contribution is 9.10. The average molecular weight is 280 g/mol. The standard InChI is InChI=1S/C14H18BrN/c15-12-4-1-3-11(9-12)14(7-8-14)10-16-13-5-2-6-13/h1,3-4,9,13,16H,2,5-8,10H2. The number of benzene rings is 1. The van der Waals surface area contributed by atoms with E-state index in [0.717, 1.165) is 6.04 Å². The van der Waals surface area contributed by atoms with Crippen LogP contribution in [0.25, 0.3) is 0 Å². The van der Waals surface area contributed by atoms with Crippen molar-refractivity contribution in [2.45, 2.75) is 43.6 Å². The van der Waals surface area contributed by atoms with Gasteiger partial charge in [0, 0.05) is 22.5 Å². The number of hydrogen-bond donors (Lipinski definition) is 1. The first-order valence-corrected chi connectivity index (χ1v) is 7.07. The summed E-state index contributed by atoms with van der Waals surface area (Å²) in [5.74, 6) is 0. The predicted octanol–water partition coefficient (Wildman–Crippen LogP) is 3.62. The van der Waals surface area contributed by atoms with Crippen molar-refractivity contribution in [2.75, 3.05) is 6.54 Å². The summed E-state index contributed by atoms with van der Waals surface area (Å²) in [6.45, 7) is 1.17. The maximum Gasteiger partial charge on any atom is 0.0178 e. The van der Waals surface area contributed by atoms with Gasteiger partial charge in [0.05, 0.1) is 0 Å². The van der Waals surface area contributed by atoms with Crippen molar-refractivity contribution >= 4 is 15.9 Å². The van der Waals surface area contributed by atoms with Crippen molar-refractivity contribution in [3.8, 4) is 0 Å². The van der Waals surface area contributed by atoms with Gasteiger partial charge in [-0.25, -0.2) is 0 Å². The van der Waals surface area contributed by atoms with Gasteiger partial charge in [-0.1, -0.05) is 34.5 Å². The second-order valence-corrected chi connectivity index (χ2v) is 6.22. The van der Waals surface area contributed by atoms with Crippen molar-refractivity contribution < 1.29 is 0 Å². The molecule has 0 spiro atoms. The minimum atomic E-state index is 0.458. The molecule has 0 saturated heterocycles. The topological polar surface area (TPSA) is 12.0 Å². The molecule has 0 radical (unpaired) electrons. The van der Waals surface area contributed by atoms with E-state index in [0.29, 0.717) is 5.41 Å². The molecule has 1 nitrogen and oxygen atoms in total. The molecule has 1 aromatic carbocycles. The Hall–Kier alpha value is -0.340. The molecule has 2 fully saturated rings. The van der Waals surface area contributed by atoms with E-state index in [-0.39, 0.29) is 0 Å². The minimum absolute atomic E-state index is 0.458. The molecule has 2 aliphatic carbocycles. The van der Waals surface area contributed by atoms with Crippen molar-refractivity contribution in [2.24, 2.45) is 0 Å². The molecule has 0 heterocycles. The molecule has 1 aromatic rings. The van der Waals surface area contributed by atoms with Crippen LogP contribution in [0, 0.1) is 0 Å². The smallest absolute Gasteiger partial charge is 0.0178 e. The fourth-order valence-electron chi connectivity index (χ4n) is 2.49. The Bertz CT molecular complexity index is 380. The quantitative estimate of drug-likeness (QED) is 0.888. The zero-order valence-corrected chi connectivity index (χ0v) is 11.1. The molecular formula is C14H18BrN. The van der Waals surface area contributed by atoms with Crippen molar-refractivity contribution in [3.05, 3.63) is 34.3 Å². The zero-order chi connectivity index (χ0) is 11.0. The maximum absolute atomic E-state index is 3.72. The van der Waals surface area contributed by atoms with Crippen LogP contribution < -0.4 is 5.32 Å². The number of nitrogens with one attached hydrogen (secondary N) is 1. The summed E-state index contributed by atoms with van der Waals surface area (Å²) in [4.78, 5) is 0. The lowest BCUT2D eigenvalue weighted by Gasteiger charge is -2.29. The van der Waals surface area contributed by atoms with Gasteiger partial charge in [-0.2, -0.15) is 0 Å². The monoisotopic (exact) mass is 279 g/mol. The van der Waals surface area contributed by atoms with Crippen LogP contribution in [0.3, 0.4) is 0 Å². The lowest BCUT2D eigenvalue weighted by atomic mass is 9.90. The zero-order valence-electron chi connectivity index (χ0n) is 9.51. The normalized spacial score (nSPS) is 22.8. The number of rotatable bonds is 4. The first-order chi connectivity index (χ1) is 7.78. The molecule has 0 atom stereocenters. The van der Waals surface area contributed by atoms with Gasteiger partial charge in [0.2, 0.25) is 0 Å². The second kappa shape index (κ2) is 4.15. The van der Waals surface area contributed by atoms with Gasteiger partial charge in [-0.3, -0.25) is 0 Å². The Morgan fingerprint density at radius 1 is 1.31 bits per heavy atom. The molecule has 2 saturated carbocycles. The molecule has 2 aliphatic rings. The van der Waals surface area contributed by atoms with Crippen molar-refractivity contribution in [3.63, 3.8) is 0 Å². The van der Waals surface area contributed by atoms with Gasteiger partial charge in [0.1, 0.15) is 0 Å². The van der Waals surface area contributed by atoms with Gasteiger partial charge < -0.3 is 5.32 Å². The van der Waals surface area contributed by atoms with Crippen LogP contribution in [0.15, 0.2) is 28.7 Å². The van der Waals surface area contributed by atoms with Gasteiger partial charge in [0.15, 0.2) is 0 Å². The lowest BCUT2D eigenvalue weighted by molar-refractivity contribution is 0.328. The van der Waals surface area contributed by atoms with Crippen LogP contribution in [0.5, 0.6) is 0 Å². The van der Waals surface area contributed by atoms with Crippen molar-refractivity contribution in [1.82, 2.24) is 5.32 Å². The first-order valence-electron chi connectivity index (χ1n) is 6.28. The Balaban J connectivity index is 1.67. The minimum Gasteiger partial charge on any atom is -0.313 e. The fourth-order valence-corrected chi connectivity index (χ4v) is 2.89. The molecule has 3 rings (SSSR count). The van der Waals surface area contributed by atoms with Gasteiger partial charge in [-0.15, -0.1) is 0 Å². The Kier molecular flexibility index (Phi) is 2.80. The van der Waals surface area contributed by atoms with Gasteiger partial charge in [0.25, 0.3) is 0 Å². The molecule has 0 bridgehead atoms. The van der Waals surface area contributed by atoms with Crippen LogP contribution in [-0.4, -0.2) is 12.6 Å². The van der Waals surface area contributed by atoms with Crippen LogP contribution in [0.1, 0.15) is 37.7 Å². The predicted molar refractivity (Wildman–Crippen MR) is 70.7 cm³/mol. The highest BCUT2D eigenvalue weighted by atomic mass is 79.9. The van der Waals surface area contributed by atoms with E-state index in [1.54, 1.807) is 0 Å². The maximum atomic E-state index is 3.72. The lowest BCUT2D eigenvalue weighted by Crippen LogP contribution is -2.39. The van der Waals surface area contributed by atoms with E-state index in [2.05, 4.69) is 45.5 Å². The van der Waals surface area contributed by atoms with Crippen LogP contribution in [0.2, 0.25) is 0 Å². The average Bonchev–Trinajstić information content (AvgIpc) is 2.97. The molecular weight excluding hydrogens is 262 g/mol. The summed E-state index contributed by atoms with van der Waals surface area (Å²) in [6.07, 6.45) is 6.89. The SMILES string of the molecule is Brc1cccc(C2(CNC3CCC3)CC2)c1. The summed E-state index contributed by atoms with van der Waals surface area (Å²) in [5, 5.41) is 3.72. The Labute approximate surface area is 106 Å². The number of hydrogen-bond acceptors (Lipinski definition) is 1. The van der Waals surface area contributed by atoms with Crippen molar-refractivity contribution in [1.29, 1.82) is 0 Å². The van der Waals surface area contributed by atoms with E-state index in [4.69, 9.17) is 0 Å². The van der Waals surface area contributed by atoms with Gasteiger partial charge in [-0.05, 0) is 43.4 Å². The second-order valence-electron chi connectivity index (χ2n) is 5.30. The molecule has 0 unspecified atom stereocenters. The summed E-state index contributed by atoms with van der Waals surface area (Å²) in [7, 11) is 0. The Morgan fingerprint density at radius 2 is 2.12 bits per heavy atom. The van der Waals surface area contributed by atoms with Crippen LogP contribution >= 0.6 is 15.9 Å². The van der Waals surface area contributed by atoms with E-state index < -0.39 is 0 Å². The molecule has 0 amide bonds. The molecule has 2 heteroatoms. The molecule has 86 valence electrons. The Morgan fingerprint density at radius 3 is 2.69 bits per heavy atom. The molecule has 0 aliphatic heterocycles.